The van der Waals surface area contributed by atoms with Gasteiger partial charge in [-0.2, -0.15) is 16.8 Å². The lowest BCUT2D eigenvalue weighted by atomic mass is 10.3. The zero-order valence-corrected chi connectivity index (χ0v) is 11.6. The molecule has 0 aliphatic heterocycles. The van der Waals surface area contributed by atoms with Gasteiger partial charge in [-0.25, -0.2) is 0 Å². The van der Waals surface area contributed by atoms with E-state index in [4.69, 9.17) is 0 Å². The molecule has 0 N–H and O–H groups in total. The predicted octanol–water partition coefficient (Wildman–Crippen LogP) is 0.747. The van der Waals surface area contributed by atoms with Gasteiger partial charge in [0.2, 0.25) is 0 Å². The van der Waals surface area contributed by atoms with E-state index in [0.717, 1.165) is 0 Å². The molecule has 0 aromatic rings. The Bertz CT molecular complexity index is 511. The van der Waals surface area contributed by atoms with E-state index in [-0.39, 0.29) is 0 Å². The van der Waals surface area contributed by atoms with Gasteiger partial charge in [-0.3, -0.25) is 8.37 Å². The molecule has 0 aliphatic rings. The van der Waals surface area contributed by atoms with Gasteiger partial charge >= 0.3 is 0 Å². The molecule has 0 bridgehead atoms. The predicted molar refractivity (Wildman–Crippen MR) is 67.1 cm³/mol. The maximum Gasteiger partial charge on any atom is 0.290 e. The second-order valence-electron chi connectivity index (χ2n) is 3.08. The van der Waals surface area contributed by atoms with Crippen LogP contribution in [0.15, 0.2) is 24.0 Å². The van der Waals surface area contributed by atoms with Gasteiger partial charge in [0.15, 0.2) is 0 Å². The number of hydrogen-bond donors (Lipinski definition) is 0. The first-order chi connectivity index (χ1) is 8.12. The quantitative estimate of drug-likeness (QED) is 0.530. The van der Waals surface area contributed by atoms with Crippen LogP contribution in [0.25, 0.3) is 0 Å². The van der Waals surface area contributed by atoms with E-state index >= 15 is 0 Å². The molecule has 8 heteroatoms. The van der Waals surface area contributed by atoms with Crippen molar-refractivity contribution in [2.75, 3.05) is 0 Å². The Morgan fingerprint density at radius 2 is 1.17 bits per heavy atom. The van der Waals surface area contributed by atoms with Crippen LogP contribution < -0.4 is 0 Å². The molecule has 0 rings (SSSR count). The normalized spacial score (nSPS) is 15.0. The largest absolute Gasteiger partial charge is 0.290 e. The molecule has 6 nitrogen and oxygen atoms in total. The van der Waals surface area contributed by atoms with Gasteiger partial charge in [0, 0.05) is 0 Å². The van der Waals surface area contributed by atoms with Crippen LogP contribution in [-0.2, 0) is 28.6 Å². The summed E-state index contributed by atoms with van der Waals surface area (Å²) in [6, 6.07) is 0. The monoisotopic (exact) mass is 294 g/mol. The summed E-state index contributed by atoms with van der Waals surface area (Å²) in [6.45, 7) is 8.91. The van der Waals surface area contributed by atoms with E-state index in [1.807, 2.05) is 0 Å². The molecule has 2 atom stereocenters. The van der Waals surface area contributed by atoms with Crippen molar-refractivity contribution in [2.45, 2.75) is 26.1 Å². The average Bonchev–Trinajstić information content (AvgIpc) is 2.25. The van der Waals surface area contributed by atoms with E-state index in [1.165, 1.54) is 13.8 Å². The fourth-order valence-electron chi connectivity index (χ4n) is 0.764. The topological polar surface area (TPSA) is 86.7 Å². The number of hydrogen-bond acceptors (Lipinski definition) is 6. The van der Waals surface area contributed by atoms with Crippen LogP contribution >= 0.6 is 0 Å². The Labute approximate surface area is 108 Å². The van der Waals surface area contributed by atoms with E-state index in [0.29, 0.717) is 10.8 Å². The molecular formula is C10H14O6S2. The molecule has 0 aromatic carbocycles. The Morgan fingerprint density at radius 3 is 1.39 bits per heavy atom. The molecule has 0 saturated heterocycles. The van der Waals surface area contributed by atoms with Crippen molar-refractivity contribution in [3.05, 3.63) is 24.0 Å². The molecule has 18 heavy (non-hydrogen) atoms. The van der Waals surface area contributed by atoms with Crippen LogP contribution in [0.3, 0.4) is 0 Å². The van der Waals surface area contributed by atoms with Crippen LogP contribution in [0, 0.1) is 11.8 Å². The first-order valence-electron chi connectivity index (χ1n) is 4.74. The highest BCUT2D eigenvalue weighted by molar-refractivity contribution is 7.89. The van der Waals surface area contributed by atoms with Gasteiger partial charge in [-0.1, -0.05) is 25.0 Å². The van der Waals surface area contributed by atoms with Gasteiger partial charge in [0.1, 0.15) is 12.2 Å². The van der Waals surface area contributed by atoms with Gasteiger partial charge in [0.25, 0.3) is 20.2 Å². The highest BCUT2D eigenvalue weighted by Crippen LogP contribution is 2.02. The van der Waals surface area contributed by atoms with Gasteiger partial charge in [0.05, 0.1) is 10.8 Å². The molecule has 0 heterocycles. The molecule has 2 unspecified atom stereocenters. The standard InChI is InChI=1S/C10H14O6S2/c1-5-17(11,12)15-9(3)7-8-10(4)16-18(13,14)6-2/h5-6,9-10H,1-2H2,3-4H3. The summed E-state index contributed by atoms with van der Waals surface area (Å²) in [5, 5.41) is 1.29. The van der Waals surface area contributed by atoms with Gasteiger partial charge in [-0.05, 0) is 13.8 Å². The Hall–Kier alpha value is -1.14. The Kier molecular flexibility index (Phi) is 6.28. The molecule has 0 saturated carbocycles. The summed E-state index contributed by atoms with van der Waals surface area (Å²) in [5.41, 5.74) is 0. The minimum absolute atomic E-state index is 0.646. The summed E-state index contributed by atoms with van der Waals surface area (Å²) in [4.78, 5) is 0. The van der Waals surface area contributed by atoms with E-state index in [2.05, 4.69) is 33.4 Å². The van der Waals surface area contributed by atoms with Crippen molar-refractivity contribution in [1.82, 2.24) is 0 Å². The van der Waals surface area contributed by atoms with Crippen molar-refractivity contribution in [3.63, 3.8) is 0 Å². The summed E-state index contributed by atoms with van der Waals surface area (Å²) < 4.78 is 53.0. The van der Waals surface area contributed by atoms with Gasteiger partial charge in [-0.15, -0.1) is 0 Å². The lowest BCUT2D eigenvalue weighted by Gasteiger charge is -2.05. The fourth-order valence-corrected chi connectivity index (χ4v) is 1.82. The maximum absolute atomic E-state index is 11.0. The fraction of sp³-hybridized carbons (Fsp3) is 0.400. The highest BCUT2D eigenvalue weighted by atomic mass is 32.2. The molecular weight excluding hydrogens is 280 g/mol. The summed E-state index contributed by atoms with van der Waals surface area (Å²) in [5.74, 6) is 4.79. The third kappa shape index (κ3) is 7.24. The Morgan fingerprint density at radius 1 is 0.889 bits per heavy atom. The molecule has 0 fully saturated rings. The van der Waals surface area contributed by atoms with Crippen LogP contribution in [0.1, 0.15) is 13.8 Å². The number of rotatable bonds is 6. The first kappa shape index (κ1) is 16.9. The van der Waals surface area contributed by atoms with Crippen LogP contribution in [-0.4, -0.2) is 29.0 Å². The zero-order chi connectivity index (χ0) is 14.4. The summed E-state index contributed by atoms with van der Waals surface area (Å²) >= 11 is 0. The van der Waals surface area contributed by atoms with Crippen LogP contribution in [0.5, 0.6) is 0 Å². The molecule has 0 spiro atoms. The van der Waals surface area contributed by atoms with Crippen molar-refractivity contribution in [2.24, 2.45) is 0 Å². The lowest BCUT2D eigenvalue weighted by molar-refractivity contribution is 0.278. The third-order valence-corrected chi connectivity index (χ3v) is 3.39. The van der Waals surface area contributed by atoms with Gasteiger partial charge < -0.3 is 0 Å². The maximum atomic E-state index is 11.0. The SMILES string of the molecule is C=CS(=O)(=O)OC(C)C#CC(C)OS(=O)(=O)C=C. The van der Waals surface area contributed by atoms with Crippen molar-refractivity contribution >= 4 is 20.2 Å². The zero-order valence-electron chi connectivity index (χ0n) is 9.99. The van der Waals surface area contributed by atoms with E-state index in [1.54, 1.807) is 0 Å². The molecule has 102 valence electrons. The van der Waals surface area contributed by atoms with Crippen molar-refractivity contribution in [1.29, 1.82) is 0 Å². The average molecular weight is 294 g/mol. The van der Waals surface area contributed by atoms with Crippen molar-refractivity contribution in [3.8, 4) is 11.8 Å². The van der Waals surface area contributed by atoms with Crippen LogP contribution in [0.2, 0.25) is 0 Å². The summed E-state index contributed by atoms with van der Waals surface area (Å²) in [7, 11) is -7.64. The third-order valence-electron chi connectivity index (χ3n) is 1.46. The molecule has 0 aromatic heterocycles. The van der Waals surface area contributed by atoms with E-state index < -0.39 is 32.4 Å². The highest BCUT2D eigenvalue weighted by Gasteiger charge is 2.11. The minimum Gasteiger partial charge on any atom is -0.251 e. The molecule has 0 amide bonds. The molecule has 0 radical (unpaired) electrons. The van der Waals surface area contributed by atoms with Crippen LogP contribution in [0.4, 0.5) is 0 Å². The smallest absolute Gasteiger partial charge is 0.251 e. The first-order valence-corrected chi connectivity index (χ1v) is 7.68. The second kappa shape index (κ2) is 6.70. The minimum atomic E-state index is -3.82. The second-order valence-corrected chi connectivity index (χ2v) is 6.11. The Balaban J connectivity index is 4.59. The molecule has 0 aliphatic carbocycles. The summed E-state index contributed by atoms with van der Waals surface area (Å²) in [6.07, 6.45) is -1.88. The van der Waals surface area contributed by atoms with E-state index in [9.17, 15) is 16.8 Å². The van der Waals surface area contributed by atoms with Crippen molar-refractivity contribution < 1.29 is 25.2 Å². The lowest BCUT2D eigenvalue weighted by Crippen LogP contribution is -2.14.